The predicted molar refractivity (Wildman–Crippen MR) is 204 cm³/mol. The number of Topliss-reactive ketones (excluding diaryl/α,β-unsaturated/α-hetero) is 1. The zero-order chi connectivity index (χ0) is 39.6. The van der Waals surface area contributed by atoms with E-state index in [2.05, 4.69) is 30.3 Å². The van der Waals surface area contributed by atoms with Crippen LogP contribution < -0.4 is 10.6 Å². The van der Waals surface area contributed by atoms with Gasteiger partial charge in [0.2, 0.25) is 5.91 Å². The first-order valence-corrected chi connectivity index (χ1v) is 24.9. The van der Waals surface area contributed by atoms with Gasteiger partial charge in [0, 0.05) is 8.07 Å². The third-order valence-corrected chi connectivity index (χ3v) is 15.2. The molecule has 0 saturated heterocycles. The molecule has 0 radical (unpaired) electrons. The minimum absolute atomic E-state index is 0.0748. The van der Waals surface area contributed by atoms with E-state index in [1.807, 2.05) is 61.6 Å². The zero-order valence-corrected chi connectivity index (χ0v) is 36.6. The van der Waals surface area contributed by atoms with Gasteiger partial charge in [-0.2, -0.15) is 0 Å². The van der Waals surface area contributed by atoms with E-state index in [1.165, 1.54) is 6.92 Å². The summed E-state index contributed by atoms with van der Waals surface area (Å²) in [6, 6.07) is -0.955. The summed E-state index contributed by atoms with van der Waals surface area (Å²) in [5, 5.41) is 5.31. The molecule has 11 nitrogen and oxygen atoms in total. The van der Waals surface area contributed by atoms with E-state index in [0.717, 1.165) is 6.04 Å². The minimum Gasteiger partial charge on any atom is -0.464 e. The maximum absolute atomic E-state index is 14.2. The maximum atomic E-state index is 14.2. The van der Waals surface area contributed by atoms with E-state index < -0.39 is 87.8 Å². The van der Waals surface area contributed by atoms with Crippen LogP contribution in [-0.2, 0) is 37.8 Å². The molecule has 0 aliphatic carbocycles. The van der Waals surface area contributed by atoms with Crippen LogP contribution in [0.5, 0.6) is 0 Å². The normalized spacial score (nSPS) is 16.5. The molecule has 0 bridgehead atoms. The standard InChI is InChI=1S/C37H72N2O9Si2/c1-19-25(6)28(39-35(44)47-36(8,9)10)31(48-50(17,18)37(11,12)13)34(43)46-30(24(4)5)29(40)26(7)32(41)38-27(22-23(2)3)33(42)45-20-21-49(14,15)16/h23-28,30-31H,19-22H2,1-18H3,(H,38,41)(H,39,44)/t25-,26-,27-,28-,30-,31+/m0/s1. The third kappa shape index (κ3) is 16.8. The molecule has 0 saturated carbocycles. The summed E-state index contributed by atoms with van der Waals surface area (Å²) in [5.41, 5.74) is -0.773. The van der Waals surface area contributed by atoms with E-state index in [1.54, 1.807) is 34.6 Å². The summed E-state index contributed by atoms with van der Waals surface area (Å²) in [4.78, 5) is 67.6. The van der Waals surface area contributed by atoms with Gasteiger partial charge in [0.25, 0.3) is 0 Å². The molecule has 0 fully saturated rings. The molecule has 6 atom stereocenters. The molecule has 2 N–H and O–H groups in total. The van der Waals surface area contributed by atoms with Crippen LogP contribution in [0.15, 0.2) is 0 Å². The van der Waals surface area contributed by atoms with E-state index in [9.17, 15) is 24.0 Å². The number of rotatable bonds is 19. The Hall–Kier alpha value is -2.26. The Labute approximate surface area is 305 Å². The highest BCUT2D eigenvalue weighted by Crippen LogP contribution is 2.38. The van der Waals surface area contributed by atoms with Crippen molar-refractivity contribution < 1.29 is 42.6 Å². The number of amides is 2. The van der Waals surface area contributed by atoms with Gasteiger partial charge in [0.15, 0.2) is 26.3 Å². The number of nitrogens with one attached hydrogen (secondary N) is 2. The first-order valence-electron chi connectivity index (χ1n) is 18.3. The Morgan fingerprint density at radius 2 is 1.30 bits per heavy atom. The Balaban J connectivity index is 6.44. The second kappa shape index (κ2) is 19.5. The molecule has 13 heteroatoms. The summed E-state index contributed by atoms with van der Waals surface area (Å²) in [6.45, 7) is 34.8. The molecule has 2 amide bonds. The highest BCUT2D eigenvalue weighted by Gasteiger charge is 2.47. The Morgan fingerprint density at radius 3 is 1.72 bits per heavy atom. The van der Waals surface area contributed by atoms with Gasteiger partial charge in [-0.15, -0.1) is 0 Å². The summed E-state index contributed by atoms with van der Waals surface area (Å²) < 4.78 is 23.7. The highest BCUT2D eigenvalue weighted by molar-refractivity contribution is 6.76. The van der Waals surface area contributed by atoms with Gasteiger partial charge < -0.3 is 29.3 Å². The van der Waals surface area contributed by atoms with Crippen molar-refractivity contribution in [3.63, 3.8) is 0 Å². The quantitative estimate of drug-likeness (QED) is 0.0594. The fraction of sp³-hybridized carbons (Fsp3) is 0.865. The lowest BCUT2D eigenvalue weighted by Crippen LogP contribution is -2.58. The van der Waals surface area contributed by atoms with E-state index in [4.69, 9.17) is 18.6 Å². The average Bonchev–Trinajstić information content (AvgIpc) is 2.93. The Kier molecular flexibility index (Phi) is 18.7. The predicted octanol–water partition coefficient (Wildman–Crippen LogP) is 7.50. The SMILES string of the molecule is CC[C@H](C)[C@H](NC(=O)OC(C)(C)C)[C@@H](O[Si](C)(C)C(C)(C)C)C(=O)O[C@H](C(=O)[C@H](C)C(=O)N[C@@H](CC(C)C)C(=O)OCC[Si](C)(C)C)C(C)C. The molecule has 0 aromatic rings. The smallest absolute Gasteiger partial charge is 0.407 e. The first kappa shape index (κ1) is 47.7. The zero-order valence-electron chi connectivity index (χ0n) is 34.6. The fourth-order valence-corrected chi connectivity index (χ4v) is 6.55. The van der Waals surface area contributed by atoms with Gasteiger partial charge in [-0.25, -0.2) is 14.4 Å². The number of ether oxygens (including phenoxy) is 3. The minimum atomic E-state index is -2.64. The number of ketones is 1. The van der Waals surface area contributed by atoms with Crippen molar-refractivity contribution in [3.05, 3.63) is 0 Å². The second-order valence-electron chi connectivity index (χ2n) is 18.3. The molecule has 0 aromatic carbocycles. The summed E-state index contributed by atoms with van der Waals surface area (Å²) in [7, 11) is -4.08. The summed E-state index contributed by atoms with van der Waals surface area (Å²) in [5.74, 6) is -4.47. The van der Waals surface area contributed by atoms with Crippen LogP contribution in [0, 0.1) is 23.7 Å². The van der Waals surface area contributed by atoms with Crippen molar-refractivity contribution in [3.8, 4) is 0 Å². The van der Waals surface area contributed by atoms with Crippen molar-refractivity contribution in [1.82, 2.24) is 10.6 Å². The molecule has 0 heterocycles. The van der Waals surface area contributed by atoms with Gasteiger partial charge in [-0.1, -0.05) is 88.4 Å². The number of hydrogen-bond donors (Lipinski definition) is 2. The molecule has 0 spiro atoms. The average molecular weight is 745 g/mol. The van der Waals surface area contributed by atoms with Gasteiger partial charge in [-0.3, -0.25) is 9.59 Å². The monoisotopic (exact) mass is 744 g/mol. The van der Waals surface area contributed by atoms with Crippen LogP contribution in [-0.4, -0.2) is 82.6 Å². The summed E-state index contributed by atoms with van der Waals surface area (Å²) in [6.07, 6.45) is -2.29. The highest BCUT2D eigenvalue weighted by atomic mass is 28.4. The lowest BCUT2D eigenvalue weighted by atomic mass is 9.92. The van der Waals surface area contributed by atoms with Gasteiger partial charge in [0.05, 0.1) is 18.6 Å². The molecular formula is C37H72N2O9Si2. The van der Waals surface area contributed by atoms with Crippen LogP contribution >= 0.6 is 0 Å². The second-order valence-corrected chi connectivity index (χ2v) is 28.6. The largest absolute Gasteiger partial charge is 0.464 e. The van der Waals surface area contributed by atoms with Crippen molar-refractivity contribution >= 4 is 46.1 Å². The lowest BCUT2D eigenvalue weighted by molar-refractivity contribution is -0.168. The molecule has 0 aliphatic heterocycles. The molecule has 0 aliphatic rings. The topological polar surface area (TPSA) is 146 Å². The van der Waals surface area contributed by atoms with Crippen LogP contribution in [0.4, 0.5) is 4.79 Å². The molecule has 0 unspecified atom stereocenters. The van der Waals surface area contributed by atoms with Crippen LogP contribution in [0.2, 0.25) is 43.8 Å². The maximum Gasteiger partial charge on any atom is 0.407 e. The number of alkyl carbamates (subject to hydrolysis) is 1. The van der Waals surface area contributed by atoms with Crippen LogP contribution in [0.25, 0.3) is 0 Å². The van der Waals surface area contributed by atoms with Crippen molar-refractivity contribution in [2.24, 2.45) is 23.7 Å². The van der Waals surface area contributed by atoms with Crippen LogP contribution in [0.1, 0.15) is 103 Å². The number of carbonyl (C=O) groups is 5. The molecule has 0 rings (SSSR count). The fourth-order valence-electron chi connectivity index (χ4n) is 4.61. The van der Waals surface area contributed by atoms with Crippen molar-refractivity contribution in [1.29, 1.82) is 0 Å². The number of esters is 2. The van der Waals surface area contributed by atoms with Gasteiger partial charge in [0.1, 0.15) is 11.6 Å². The molecule has 50 heavy (non-hydrogen) atoms. The number of hydrogen-bond acceptors (Lipinski definition) is 9. The Bertz CT molecular complexity index is 1140. The first-order chi connectivity index (χ1) is 22.4. The summed E-state index contributed by atoms with van der Waals surface area (Å²) >= 11 is 0. The van der Waals surface area contributed by atoms with E-state index in [0.29, 0.717) is 12.8 Å². The van der Waals surface area contributed by atoms with E-state index in [-0.39, 0.29) is 23.5 Å². The van der Waals surface area contributed by atoms with Gasteiger partial charge in [-0.05, 0) is 76.0 Å². The molecular weight excluding hydrogens is 673 g/mol. The Morgan fingerprint density at radius 1 is 0.760 bits per heavy atom. The third-order valence-electron chi connectivity index (χ3n) is 9.08. The molecule has 292 valence electrons. The lowest BCUT2D eigenvalue weighted by Gasteiger charge is -2.42. The van der Waals surface area contributed by atoms with Crippen molar-refractivity contribution in [2.45, 2.75) is 177 Å². The van der Waals surface area contributed by atoms with E-state index >= 15 is 0 Å². The van der Waals surface area contributed by atoms with Gasteiger partial charge >= 0.3 is 18.0 Å². The van der Waals surface area contributed by atoms with Crippen LogP contribution in [0.3, 0.4) is 0 Å². The van der Waals surface area contributed by atoms with Crippen molar-refractivity contribution in [2.75, 3.05) is 6.61 Å². The molecule has 0 aromatic heterocycles. The number of carbonyl (C=O) groups excluding carboxylic acids is 5.